The van der Waals surface area contributed by atoms with Crippen LogP contribution in [0.4, 0.5) is 5.69 Å². The van der Waals surface area contributed by atoms with Gasteiger partial charge in [0.05, 0.1) is 0 Å². The van der Waals surface area contributed by atoms with Gasteiger partial charge in [0.15, 0.2) is 0 Å². The smallest absolute Gasteiger partial charge is 0.117 e. The van der Waals surface area contributed by atoms with Gasteiger partial charge in [0.2, 0.25) is 0 Å². The highest BCUT2D eigenvalue weighted by molar-refractivity contribution is 5.50. The molecule has 2 N–H and O–H groups in total. The second-order valence-corrected chi connectivity index (χ2v) is 4.28. The number of nitrogens with zero attached hydrogens (tertiary/aromatic N) is 1. The Balaban J connectivity index is 2.14. The number of aromatic hydroxyl groups is 1. The normalized spacial score (nSPS) is 22.5. The molecule has 0 spiro atoms. The summed E-state index contributed by atoms with van der Waals surface area (Å²) in [5.74, 6) is 0.993. The molecule has 1 atom stereocenters. The van der Waals surface area contributed by atoms with Crippen molar-refractivity contribution in [2.24, 2.45) is 5.92 Å². The molecule has 1 fully saturated rings. The highest BCUT2D eigenvalue weighted by atomic mass is 16.3. The van der Waals surface area contributed by atoms with Crippen molar-refractivity contribution in [3.8, 4) is 5.75 Å². The second-order valence-electron chi connectivity index (χ2n) is 4.28. The molecule has 15 heavy (non-hydrogen) atoms. The van der Waals surface area contributed by atoms with Crippen molar-refractivity contribution in [3.63, 3.8) is 0 Å². The fourth-order valence-electron chi connectivity index (χ4n) is 2.02. The number of phenols is 1. The fraction of sp³-hybridized carbons (Fsp3) is 0.500. The lowest BCUT2D eigenvalue weighted by molar-refractivity contribution is 0.475. The van der Waals surface area contributed by atoms with Crippen LogP contribution in [0.25, 0.3) is 0 Å². The molecule has 3 nitrogen and oxygen atoms in total. The van der Waals surface area contributed by atoms with Crippen molar-refractivity contribution in [2.45, 2.75) is 6.92 Å². The monoisotopic (exact) mass is 206 g/mol. The van der Waals surface area contributed by atoms with E-state index in [2.05, 4.69) is 23.2 Å². The van der Waals surface area contributed by atoms with Gasteiger partial charge in [0.25, 0.3) is 0 Å². The van der Waals surface area contributed by atoms with E-state index < -0.39 is 0 Å². The topological polar surface area (TPSA) is 35.5 Å². The molecule has 0 amide bonds. The molecule has 0 saturated carbocycles. The second kappa shape index (κ2) is 4.53. The first-order valence-corrected chi connectivity index (χ1v) is 5.50. The first-order valence-electron chi connectivity index (χ1n) is 5.50. The first kappa shape index (κ1) is 10.3. The molecular weight excluding hydrogens is 188 g/mol. The van der Waals surface area contributed by atoms with E-state index in [4.69, 9.17) is 0 Å². The van der Waals surface area contributed by atoms with Crippen molar-refractivity contribution in [3.05, 3.63) is 24.3 Å². The van der Waals surface area contributed by atoms with Gasteiger partial charge >= 0.3 is 0 Å². The molecule has 1 saturated heterocycles. The third-order valence-corrected chi connectivity index (χ3v) is 2.78. The molecule has 2 rings (SSSR count). The third kappa shape index (κ3) is 2.63. The van der Waals surface area contributed by atoms with Gasteiger partial charge in [-0.25, -0.2) is 0 Å². The number of rotatable bonds is 1. The minimum atomic E-state index is 0.345. The Morgan fingerprint density at radius 1 is 1.47 bits per heavy atom. The van der Waals surface area contributed by atoms with Crippen LogP contribution >= 0.6 is 0 Å². The Kier molecular flexibility index (Phi) is 3.11. The van der Waals surface area contributed by atoms with Gasteiger partial charge in [-0.15, -0.1) is 0 Å². The van der Waals surface area contributed by atoms with E-state index in [1.165, 1.54) is 0 Å². The molecule has 0 bridgehead atoms. The molecule has 0 aliphatic carbocycles. The average molecular weight is 206 g/mol. The number of hydrogen-bond acceptors (Lipinski definition) is 3. The van der Waals surface area contributed by atoms with E-state index in [1.807, 2.05) is 12.1 Å². The average Bonchev–Trinajstić information content (AvgIpc) is 2.43. The lowest BCUT2D eigenvalue weighted by Crippen LogP contribution is -2.29. The Bertz CT molecular complexity index is 327. The zero-order chi connectivity index (χ0) is 10.7. The van der Waals surface area contributed by atoms with E-state index in [0.29, 0.717) is 11.7 Å². The van der Waals surface area contributed by atoms with Gasteiger partial charge in [-0.2, -0.15) is 0 Å². The molecule has 82 valence electrons. The lowest BCUT2D eigenvalue weighted by Gasteiger charge is -2.24. The highest BCUT2D eigenvalue weighted by Crippen LogP contribution is 2.21. The van der Waals surface area contributed by atoms with Crippen molar-refractivity contribution in [1.29, 1.82) is 0 Å². The molecule has 0 radical (unpaired) electrons. The zero-order valence-corrected chi connectivity index (χ0v) is 9.11. The SMILES string of the molecule is CC1CNCCN(c2cccc(O)c2)C1. The lowest BCUT2D eigenvalue weighted by atomic mass is 10.1. The number of benzene rings is 1. The van der Waals surface area contributed by atoms with Crippen LogP contribution in [0.15, 0.2) is 24.3 Å². The summed E-state index contributed by atoms with van der Waals surface area (Å²) in [6, 6.07) is 7.49. The van der Waals surface area contributed by atoms with Gasteiger partial charge < -0.3 is 15.3 Å². The minimum absolute atomic E-state index is 0.345. The minimum Gasteiger partial charge on any atom is -0.508 e. The van der Waals surface area contributed by atoms with Crippen LogP contribution in [0.1, 0.15) is 6.92 Å². The molecule has 1 aromatic rings. The summed E-state index contributed by atoms with van der Waals surface area (Å²) in [5.41, 5.74) is 1.12. The van der Waals surface area contributed by atoms with Crippen LogP contribution < -0.4 is 10.2 Å². The third-order valence-electron chi connectivity index (χ3n) is 2.78. The van der Waals surface area contributed by atoms with E-state index in [1.54, 1.807) is 6.07 Å². The molecule has 1 aromatic carbocycles. The molecular formula is C12H18N2O. The van der Waals surface area contributed by atoms with Gasteiger partial charge in [0.1, 0.15) is 5.75 Å². The van der Waals surface area contributed by atoms with Gasteiger partial charge in [-0.05, 0) is 24.6 Å². The summed E-state index contributed by atoms with van der Waals surface area (Å²) in [4.78, 5) is 2.32. The van der Waals surface area contributed by atoms with E-state index >= 15 is 0 Å². The van der Waals surface area contributed by atoms with Crippen molar-refractivity contribution >= 4 is 5.69 Å². The van der Waals surface area contributed by atoms with E-state index in [-0.39, 0.29) is 0 Å². The van der Waals surface area contributed by atoms with Crippen LogP contribution in [0.2, 0.25) is 0 Å². The number of hydrogen-bond donors (Lipinski definition) is 2. The number of anilines is 1. The summed E-state index contributed by atoms with van der Waals surface area (Å²) < 4.78 is 0. The molecule has 1 aliphatic heterocycles. The molecule has 1 aliphatic rings. The highest BCUT2D eigenvalue weighted by Gasteiger charge is 2.14. The van der Waals surface area contributed by atoms with Gasteiger partial charge in [-0.1, -0.05) is 13.0 Å². The number of nitrogens with one attached hydrogen (secondary N) is 1. The van der Waals surface area contributed by atoms with Crippen LogP contribution in [0.3, 0.4) is 0 Å². The summed E-state index contributed by atoms with van der Waals surface area (Å²) in [6.45, 7) is 6.40. The van der Waals surface area contributed by atoms with Crippen LogP contribution in [-0.4, -0.2) is 31.3 Å². The maximum Gasteiger partial charge on any atom is 0.117 e. The van der Waals surface area contributed by atoms with E-state index in [9.17, 15) is 5.11 Å². The summed E-state index contributed by atoms with van der Waals surface area (Å²) >= 11 is 0. The predicted octanol–water partition coefficient (Wildman–Crippen LogP) is 1.44. The van der Waals surface area contributed by atoms with Crippen molar-refractivity contribution < 1.29 is 5.11 Å². The maximum absolute atomic E-state index is 9.44. The van der Waals surface area contributed by atoms with Crippen LogP contribution in [-0.2, 0) is 0 Å². The number of phenolic OH excluding ortho intramolecular Hbond substituents is 1. The quantitative estimate of drug-likeness (QED) is 0.730. The zero-order valence-electron chi connectivity index (χ0n) is 9.11. The van der Waals surface area contributed by atoms with Crippen LogP contribution in [0, 0.1) is 5.92 Å². The molecule has 0 aromatic heterocycles. The van der Waals surface area contributed by atoms with Crippen molar-refractivity contribution in [1.82, 2.24) is 5.32 Å². The largest absolute Gasteiger partial charge is 0.508 e. The first-order chi connectivity index (χ1) is 7.25. The summed E-state index contributed by atoms with van der Waals surface area (Å²) in [5, 5.41) is 12.8. The Morgan fingerprint density at radius 3 is 3.13 bits per heavy atom. The Morgan fingerprint density at radius 2 is 2.33 bits per heavy atom. The van der Waals surface area contributed by atoms with Gasteiger partial charge in [0, 0.05) is 31.4 Å². The van der Waals surface area contributed by atoms with E-state index in [0.717, 1.165) is 31.9 Å². The standard InChI is InChI=1S/C12H18N2O/c1-10-8-13-5-6-14(9-10)11-3-2-4-12(15)7-11/h2-4,7,10,13,15H,5-6,8-9H2,1H3. The van der Waals surface area contributed by atoms with Crippen molar-refractivity contribution in [2.75, 3.05) is 31.1 Å². The molecule has 3 heteroatoms. The predicted molar refractivity (Wildman–Crippen MR) is 62.4 cm³/mol. The summed E-state index contributed by atoms with van der Waals surface area (Å²) in [7, 11) is 0. The summed E-state index contributed by atoms with van der Waals surface area (Å²) in [6.07, 6.45) is 0. The Hall–Kier alpha value is -1.22. The van der Waals surface area contributed by atoms with Crippen LogP contribution in [0.5, 0.6) is 5.75 Å². The van der Waals surface area contributed by atoms with Gasteiger partial charge in [-0.3, -0.25) is 0 Å². The maximum atomic E-state index is 9.44. The fourth-order valence-corrected chi connectivity index (χ4v) is 2.02. The molecule has 1 unspecified atom stereocenters. The Labute approximate surface area is 90.7 Å². The molecule has 1 heterocycles.